The van der Waals surface area contributed by atoms with E-state index in [0.29, 0.717) is 24.1 Å². The number of rotatable bonds is 8. The molecule has 0 heterocycles. The molecule has 0 spiro atoms. The molecular formula is C18H20O4P+. The maximum atomic E-state index is 12.5. The second kappa shape index (κ2) is 8.44. The second-order valence-electron chi connectivity index (χ2n) is 5.03. The molecular weight excluding hydrogens is 311 g/mol. The summed E-state index contributed by atoms with van der Waals surface area (Å²) in [5.41, 5.74) is 1.03. The van der Waals surface area contributed by atoms with Crippen LogP contribution in [0.5, 0.6) is 11.5 Å². The zero-order valence-corrected chi connectivity index (χ0v) is 14.2. The van der Waals surface area contributed by atoms with Gasteiger partial charge >= 0.3 is 13.3 Å². The lowest BCUT2D eigenvalue weighted by Crippen LogP contribution is -2.03. The number of carbonyl (C=O) groups is 1. The fourth-order valence-corrected chi connectivity index (χ4v) is 3.48. The van der Waals surface area contributed by atoms with E-state index in [1.165, 1.54) is 19.8 Å². The highest BCUT2D eigenvalue weighted by Crippen LogP contribution is 2.37. The first-order chi connectivity index (χ1) is 11.2. The van der Waals surface area contributed by atoms with E-state index in [1.54, 1.807) is 18.2 Å². The number of hydrogen-bond acceptors (Lipinski definition) is 4. The molecule has 0 saturated heterocycles. The Morgan fingerprint density at radius 2 is 1.57 bits per heavy atom. The fraction of sp³-hybridized carbons (Fsp3) is 0.278. The summed E-state index contributed by atoms with van der Waals surface area (Å²) in [5.74, 6) is 0.779. The van der Waals surface area contributed by atoms with Crippen molar-refractivity contribution in [2.45, 2.75) is 12.8 Å². The predicted octanol–water partition coefficient (Wildman–Crippen LogP) is 4.30. The third kappa shape index (κ3) is 4.40. The number of methoxy groups -OCH3 is 2. The van der Waals surface area contributed by atoms with Crippen molar-refractivity contribution in [3.05, 3.63) is 59.7 Å². The molecule has 23 heavy (non-hydrogen) atoms. The summed E-state index contributed by atoms with van der Waals surface area (Å²) < 4.78 is 22.8. The largest absolute Gasteiger partial charge is 0.496 e. The van der Waals surface area contributed by atoms with E-state index >= 15 is 0 Å². The van der Waals surface area contributed by atoms with Gasteiger partial charge in [-0.3, -0.25) is 0 Å². The van der Waals surface area contributed by atoms with Crippen molar-refractivity contribution in [3.63, 3.8) is 0 Å². The summed E-state index contributed by atoms with van der Waals surface area (Å²) in [7, 11) is 0.953. The van der Waals surface area contributed by atoms with Crippen LogP contribution in [0.3, 0.4) is 0 Å². The Kier molecular flexibility index (Phi) is 6.30. The van der Waals surface area contributed by atoms with Crippen molar-refractivity contribution in [1.29, 1.82) is 0 Å². The molecule has 0 N–H and O–H groups in total. The lowest BCUT2D eigenvalue weighted by atomic mass is 10.1. The minimum Gasteiger partial charge on any atom is -0.496 e. The highest BCUT2D eigenvalue weighted by Gasteiger charge is 2.34. The Morgan fingerprint density at radius 3 is 2.13 bits per heavy atom. The zero-order chi connectivity index (χ0) is 16.7. The normalized spacial score (nSPS) is 11.0. The molecule has 0 fully saturated rings. The smallest absolute Gasteiger partial charge is 0.420 e. The molecule has 0 bridgehead atoms. The number of hydrogen-bond donors (Lipinski definition) is 0. The van der Waals surface area contributed by atoms with Gasteiger partial charge in [0.05, 0.1) is 14.2 Å². The molecule has 1 atom stereocenters. The molecule has 0 saturated carbocycles. The van der Waals surface area contributed by atoms with Gasteiger partial charge in [0.2, 0.25) is 0 Å². The summed E-state index contributed by atoms with van der Waals surface area (Å²) in [6, 6.07) is 15.0. The van der Waals surface area contributed by atoms with Crippen LogP contribution in [0.4, 0.5) is 0 Å². The molecule has 2 rings (SSSR count). The van der Waals surface area contributed by atoms with Gasteiger partial charge in [-0.1, -0.05) is 41.0 Å². The quantitative estimate of drug-likeness (QED) is 0.677. The lowest BCUT2D eigenvalue weighted by molar-refractivity contribution is 0.107. The molecule has 0 radical (unpaired) electrons. The summed E-state index contributed by atoms with van der Waals surface area (Å²) in [6.07, 6.45) is 1.85. The predicted molar refractivity (Wildman–Crippen MR) is 91.1 cm³/mol. The van der Waals surface area contributed by atoms with Crippen molar-refractivity contribution in [2.24, 2.45) is 0 Å². The first-order valence-electron chi connectivity index (χ1n) is 7.41. The molecule has 1 unspecified atom stereocenters. The Morgan fingerprint density at radius 1 is 0.957 bits per heavy atom. The van der Waals surface area contributed by atoms with E-state index in [2.05, 4.69) is 0 Å². The first kappa shape index (κ1) is 17.2. The van der Waals surface area contributed by atoms with Crippen molar-refractivity contribution >= 4 is 13.3 Å². The summed E-state index contributed by atoms with van der Waals surface area (Å²) in [5, 5.41) is 0. The van der Waals surface area contributed by atoms with Gasteiger partial charge < -0.3 is 9.47 Å². The summed E-state index contributed by atoms with van der Waals surface area (Å²) >= 11 is 0. The first-order valence-corrected chi connectivity index (χ1v) is 8.85. The van der Waals surface area contributed by atoms with Crippen LogP contribution >= 0.6 is 7.80 Å². The van der Waals surface area contributed by atoms with E-state index in [0.717, 1.165) is 6.42 Å². The summed E-state index contributed by atoms with van der Waals surface area (Å²) in [4.78, 5) is 12.5. The van der Waals surface area contributed by atoms with Crippen molar-refractivity contribution < 1.29 is 18.8 Å². The third-order valence-electron chi connectivity index (χ3n) is 3.54. The Labute approximate surface area is 137 Å². The van der Waals surface area contributed by atoms with Crippen LogP contribution < -0.4 is 9.47 Å². The maximum absolute atomic E-state index is 12.5. The third-order valence-corrected chi connectivity index (χ3v) is 4.94. The van der Waals surface area contributed by atoms with Crippen LogP contribution in [-0.2, 0) is 11.0 Å². The molecule has 0 aromatic heterocycles. The van der Waals surface area contributed by atoms with Gasteiger partial charge in [-0.2, -0.15) is 0 Å². The molecule has 0 aliphatic carbocycles. The van der Waals surface area contributed by atoms with E-state index in [4.69, 9.17) is 9.47 Å². The van der Waals surface area contributed by atoms with Gasteiger partial charge in [-0.25, -0.2) is 4.79 Å². The monoisotopic (exact) mass is 331 g/mol. The Bertz CT molecular complexity index is 660. The van der Waals surface area contributed by atoms with Gasteiger partial charge in [0, 0.05) is 0 Å². The second-order valence-corrected chi connectivity index (χ2v) is 6.64. The molecule has 4 nitrogen and oxygen atoms in total. The summed E-state index contributed by atoms with van der Waals surface area (Å²) in [6.45, 7) is 0. The van der Waals surface area contributed by atoms with E-state index in [9.17, 15) is 9.36 Å². The molecule has 120 valence electrons. The molecule has 2 aromatic rings. The Hall–Kier alpha value is -2.19. The molecule has 0 aliphatic rings. The average Bonchev–Trinajstić information content (AvgIpc) is 2.61. The van der Waals surface area contributed by atoms with Crippen LogP contribution in [0.25, 0.3) is 0 Å². The lowest BCUT2D eigenvalue weighted by Gasteiger charge is -2.07. The van der Waals surface area contributed by atoms with Crippen molar-refractivity contribution in [3.8, 4) is 11.5 Å². The van der Waals surface area contributed by atoms with Crippen molar-refractivity contribution in [2.75, 3.05) is 20.4 Å². The van der Waals surface area contributed by atoms with Gasteiger partial charge in [-0.05, 0) is 30.5 Å². The highest BCUT2D eigenvalue weighted by molar-refractivity contribution is 7.64. The van der Waals surface area contributed by atoms with Crippen LogP contribution in [0.15, 0.2) is 48.5 Å². The van der Waals surface area contributed by atoms with Gasteiger partial charge in [0.15, 0.2) is 11.7 Å². The van der Waals surface area contributed by atoms with E-state index in [1.807, 2.05) is 30.3 Å². The van der Waals surface area contributed by atoms with E-state index < -0.39 is 13.3 Å². The van der Waals surface area contributed by atoms with Crippen LogP contribution in [0.2, 0.25) is 0 Å². The number of carbonyl (C=O) groups excluding carboxylic acids is 1. The van der Waals surface area contributed by atoms with Crippen LogP contribution in [0.1, 0.15) is 22.3 Å². The van der Waals surface area contributed by atoms with Crippen molar-refractivity contribution in [1.82, 2.24) is 0 Å². The molecule has 5 heteroatoms. The van der Waals surface area contributed by atoms with Gasteiger partial charge in [0.25, 0.3) is 0 Å². The number of benzene rings is 2. The van der Waals surface area contributed by atoms with Crippen LogP contribution in [-0.4, -0.2) is 25.9 Å². The Balaban J connectivity index is 2.04. The minimum atomic E-state index is -2.01. The molecule has 0 aliphatic heterocycles. The van der Waals surface area contributed by atoms with Crippen LogP contribution in [0, 0.1) is 0 Å². The number of ether oxygens (including phenoxy) is 2. The number of aryl methyl sites for hydroxylation is 1. The SMILES string of the molecule is COc1cccc(OC)c1C(=O)[P+](=O)CCCc1ccccc1. The molecule has 0 amide bonds. The average molecular weight is 331 g/mol. The molecule has 2 aromatic carbocycles. The fourth-order valence-electron chi connectivity index (χ4n) is 2.36. The standard InChI is InChI=1S/C18H20O4P/c1-21-15-11-6-12-16(22-2)17(15)18(19)23(20)13-7-10-14-8-4-3-5-9-14/h3-6,8-9,11-12H,7,10,13H2,1-2H3/q+1. The zero-order valence-electron chi connectivity index (χ0n) is 13.3. The highest BCUT2D eigenvalue weighted by atomic mass is 31.1. The van der Waals surface area contributed by atoms with Gasteiger partial charge in [0.1, 0.15) is 11.5 Å². The van der Waals surface area contributed by atoms with E-state index in [-0.39, 0.29) is 5.56 Å². The van der Waals surface area contributed by atoms with Gasteiger partial charge in [-0.15, -0.1) is 0 Å². The topological polar surface area (TPSA) is 52.6 Å². The minimum absolute atomic E-state index is 0.262. The maximum Gasteiger partial charge on any atom is 0.420 e.